The van der Waals surface area contributed by atoms with Crippen LogP contribution < -0.4 is 5.73 Å². The first-order valence-electron chi connectivity index (χ1n) is 2.02. The van der Waals surface area contributed by atoms with Gasteiger partial charge in [-0.25, -0.2) is 0 Å². The van der Waals surface area contributed by atoms with Crippen LogP contribution >= 0.6 is 0 Å². The SMILES string of the molecule is C[C@H](N=[N+]=[N-])C(N)=O. The molecule has 2 N–H and O–H groups in total. The molecule has 0 aliphatic heterocycles. The highest BCUT2D eigenvalue weighted by molar-refractivity contribution is 5.79. The van der Waals surface area contributed by atoms with E-state index in [-0.39, 0.29) is 0 Å². The number of carbonyl (C=O) groups is 1. The van der Waals surface area contributed by atoms with Gasteiger partial charge in [-0.1, -0.05) is 5.11 Å². The molecule has 0 heterocycles. The number of hydrogen-bond donors (Lipinski definition) is 1. The molecule has 0 aromatic heterocycles. The van der Waals surface area contributed by atoms with Crippen LogP contribution in [0, 0.1) is 0 Å². The highest BCUT2D eigenvalue weighted by Crippen LogP contribution is 1.84. The molecule has 0 saturated heterocycles. The smallest absolute Gasteiger partial charge is 0.226 e. The van der Waals surface area contributed by atoms with E-state index in [1.807, 2.05) is 0 Å². The van der Waals surface area contributed by atoms with Crippen LogP contribution in [0.5, 0.6) is 0 Å². The summed E-state index contributed by atoms with van der Waals surface area (Å²) in [6, 6.07) is -0.736. The lowest BCUT2D eigenvalue weighted by Crippen LogP contribution is -2.22. The summed E-state index contributed by atoms with van der Waals surface area (Å²) in [5.41, 5.74) is 12.5. The molecule has 0 unspecified atom stereocenters. The Kier molecular flexibility index (Phi) is 2.43. The third kappa shape index (κ3) is 2.04. The first-order chi connectivity index (χ1) is 3.68. The van der Waals surface area contributed by atoms with Crippen LogP contribution in [0.4, 0.5) is 0 Å². The Labute approximate surface area is 46.1 Å². The van der Waals surface area contributed by atoms with Gasteiger partial charge < -0.3 is 5.73 Å². The van der Waals surface area contributed by atoms with Gasteiger partial charge in [0.1, 0.15) is 6.04 Å². The lowest BCUT2D eigenvalue weighted by Gasteiger charge is -1.91. The van der Waals surface area contributed by atoms with Gasteiger partial charge in [0, 0.05) is 4.91 Å². The Balaban J connectivity index is 3.82. The second kappa shape index (κ2) is 2.87. The summed E-state index contributed by atoms with van der Waals surface area (Å²) in [5, 5.41) is 3.03. The molecule has 0 aliphatic rings. The van der Waals surface area contributed by atoms with Crippen molar-refractivity contribution in [2.24, 2.45) is 10.8 Å². The minimum atomic E-state index is -0.736. The van der Waals surface area contributed by atoms with E-state index in [4.69, 9.17) is 11.3 Å². The molecule has 0 spiro atoms. The lowest BCUT2D eigenvalue weighted by atomic mass is 10.4. The zero-order valence-corrected chi connectivity index (χ0v) is 4.40. The van der Waals surface area contributed by atoms with E-state index in [2.05, 4.69) is 10.0 Å². The summed E-state index contributed by atoms with van der Waals surface area (Å²) < 4.78 is 0. The summed E-state index contributed by atoms with van der Waals surface area (Å²) in [5.74, 6) is -0.609. The second-order valence-corrected chi connectivity index (χ2v) is 1.28. The predicted octanol–water partition coefficient (Wildman–Crippen LogP) is 0.170. The highest BCUT2D eigenvalue weighted by atomic mass is 16.1. The maximum absolute atomic E-state index is 10.0. The van der Waals surface area contributed by atoms with Crippen molar-refractivity contribution in [3.8, 4) is 0 Å². The van der Waals surface area contributed by atoms with Crippen molar-refractivity contribution in [2.45, 2.75) is 13.0 Å². The zero-order valence-electron chi connectivity index (χ0n) is 4.40. The topological polar surface area (TPSA) is 91.8 Å². The third-order valence-corrected chi connectivity index (χ3v) is 0.637. The van der Waals surface area contributed by atoms with Crippen LogP contribution in [-0.2, 0) is 4.79 Å². The molecule has 8 heavy (non-hydrogen) atoms. The van der Waals surface area contributed by atoms with Gasteiger partial charge in [0.15, 0.2) is 0 Å². The summed E-state index contributed by atoms with van der Waals surface area (Å²) in [7, 11) is 0. The minimum absolute atomic E-state index is 0.609. The Morgan fingerprint density at radius 2 is 2.50 bits per heavy atom. The Hall–Kier alpha value is -1.22. The summed E-state index contributed by atoms with van der Waals surface area (Å²) in [4.78, 5) is 12.4. The average molecular weight is 114 g/mol. The van der Waals surface area contributed by atoms with Crippen LogP contribution in [0.3, 0.4) is 0 Å². The quantitative estimate of drug-likeness (QED) is 0.309. The molecule has 1 amide bonds. The number of nitrogens with zero attached hydrogens (tertiary/aromatic N) is 3. The van der Waals surface area contributed by atoms with Gasteiger partial charge >= 0.3 is 0 Å². The molecular formula is C3H6N4O. The van der Waals surface area contributed by atoms with E-state index in [1.54, 1.807) is 0 Å². The fourth-order valence-corrected chi connectivity index (χ4v) is 0.134. The summed E-state index contributed by atoms with van der Waals surface area (Å²) >= 11 is 0. The van der Waals surface area contributed by atoms with Gasteiger partial charge in [0.05, 0.1) is 0 Å². The van der Waals surface area contributed by atoms with Gasteiger partial charge in [-0.05, 0) is 12.5 Å². The van der Waals surface area contributed by atoms with Gasteiger partial charge in [-0.2, -0.15) is 0 Å². The van der Waals surface area contributed by atoms with E-state index >= 15 is 0 Å². The average Bonchev–Trinajstić information content (AvgIpc) is 1.67. The van der Waals surface area contributed by atoms with Gasteiger partial charge in [0.25, 0.3) is 0 Å². The van der Waals surface area contributed by atoms with E-state index in [0.29, 0.717) is 0 Å². The van der Waals surface area contributed by atoms with Crippen molar-refractivity contribution < 1.29 is 4.79 Å². The van der Waals surface area contributed by atoms with Crippen molar-refractivity contribution in [1.82, 2.24) is 0 Å². The molecule has 1 atom stereocenters. The molecule has 0 radical (unpaired) electrons. The minimum Gasteiger partial charge on any atom is -0.369 e. The monoisotopic (exact) mass is 114 g/mol. The summed E-state index contributed by atoms with van der Waals surface area (Å²) in [6.45, 7) is 1.43. The van der Waals surface area contributed by atoms with E-state index < -0.39 is 11.9 Å². The first-order valence-corrected chi connectivity index (χ1v) is 2.02. The Morgan fingerprint density at radius 3 is 2.62 bits per heavy atom. The molecule has 0 aromatic rings. The van der Waals surface area contributed by atoms with Crippen molar-refractivity contribution in [3.63, 3.8) is 0 Å². The third-order valence-electron chi connectivity index (χ3n) is 0.637. The van der Waals surface area contributed by atoms with Crippen LogP contribution in [0.2, 0.25) is 0 Å². The number of hydrogen-bond acceptors (Lipinski definition) is 2. The number of rotatable bonds is 2. The molecule has 5 nitrogen and oxygen atoms in total. The van der Waals surface area contributed by atoms with Gasteiger partial charge in [-0.3, -0.25) is 4.79 Å². The highest BCUT2D eigenvalue weighted by Gasteiger charge is 2.02. The molecule has 0 aliphatic carbocycles. The molecule has 0 rings (SSSR count). The molecule has 5 heteroatoms. The number of azide groups is 1. The maximum Gasteiger partial charge on any atom is 0.226 e. The molecule has 0 saturated carbocycles. The van der Waals surface area contributed by atoms with Crippen LogP contribution in [0.15, 0.2) is 5.11 Å². The Bertz CT molecular complexity index is 134. The molecule has 44 valence electrons. The molecular weight excluding hydrogens is 108 g/mol. The van der Waals surface area contributed by atoms with Crippen molar-refractivity contribution >= 4 is 5.91 Å². The van der Waals surface area contributed by atoms with Gasteiger partial charge in [-0.15, -0.1) is 0 Å². The predicted molar refractivity (Wildman–Crippen MR) is 27.8 cm³/mol. The lowest BCUT2D eigenvalue weighted by molar-refractivity contribution is -0.118. The zero-order chi connectivity index (χ0) is 6.57. The van der Waals surface area contributed by atoms with Gasteiger partial charge in [0.2, 0.25) is 5.91 Å². The van der Waals surface area contributed by atoms with E-state index in [1.165, 1.54) is 6.92 Å². The molecule has 0 aromatic carbocycles. The van der Waals surface area contributed by atoms with Crippen LogP contribution in [0.25, 0.3) is 10.4 Å². The fourth-order valence-electron chi connectivity index (χ4n) is 0.134. The number of amides is 1. The van der Waals surface area contributed by atoms with Crippen molar-refractivity contribution in [1.29, 1.82) is 0 Å². The standard InChI is InChI=1S/C3H6N4O/c1-2(3(4)8)6-7-5/h2H,1H3,(H2,4,8)/t2-/m0/s1. The van der Waals surface area contributed by atoms with Crippen LogP contribution in [0.1, 0.15) is 6.92 Å². The largest absolute Gasteiger partial charge is 0.369 e. The van der Waals surface area contributed by atoms with Crippen molar-refractivity contribution in [3.05, 3.63) is 10.4 Å². The number of nitrogens with two attached hydrogens (primary N) is 1. The number of primary amides is 1. The first kappa shape index (κ1) is 6.78. The van der Waals surface area contributed by atoms with Crippen molar-refractivity contribution in [2.75, 3.05) is 0 Å². The van der Waals surface area contributed by atoms with Crippen LogP contribution in [-0.4, -0.2) is 11.9 Å². The Morgan fingerprint density at radius 1 is 2.00 bits per heavy atom. The number of carbonyl (C=O) groups excluding carboxylic acids is 1. The molecule has 0 bridgehead atoms. The van der Waals surface area contributed by atoms with E-state index in [0.717, 1.165) is 0 Å². The second-order valence-electron chi connectivity index (χ2n) is 1.28. The maximum atomic E-state index is 10.0. The fraction of sp³-hybridized carbons (Fsp3) is 0.667. The normalized spacial score (nSPS) is 11.6. The summed E-state index contributed by atoms with van der Waals surface area (Å²) in [6.07, 6.45) is 0. The molecule has 0 fully saturated rings. The van der Waals surface area contributed by atoms with E-state index in [9.17, 15) is 4.79 Å².